The number of ether oxygens (including phenoxy) is 2. The Kier molecular flexibility index (Phi) is 5.12. The summed E-state index contributed by atoms with van der Waals surface area (Å²) >= 11 is 6.08. The normalized spacial score (nSPS) is 10.0. The number of carbonyl (C=O) groups excluding carboxylic acids is 1. The van der Waals surface area contributed by atoms with Gasteiger partial charge < -0.3 is 20.1 Å². The maximum Gasteiger partial charge on any atom is 0.221 e. The predicted molar refractivity (Wildman–Crippen MR) is 88.6 cm³/mol. The minimum atomic E-state index is -0.107. The first-order valence-corrected chi connectivity index (χ1v) is 6.97. The molecule has 0 heterocycles. The van der Waals surface area contributed by atoms with E-state index >= 15 is 0 Å². The van der Waals surface area contributed by atoms with E-state index in [-0.39, 0.29) is 5.91 Å². The van der Waals surface area contributed by atoms with Crippen molar-refractivity contribution >= 4 is 34.6 Å². The zero-order valence-corrected chi connectivity index (χ0v) is 13.3. The Morgan fingerprint density at radius 1 is 1.00 bits per heavy atom. The average Bonchev–Trinajstić information content (AvgIpc) is 2.50. The van der Waals surface area contributed by atoms with Gasteiger partial charge in [0.15, 0.2) is 0 Å². The molecular formula is C16H17ClN2O3. The quantitative estimate of drug-likeness (QED) is 0.872. The fourth-order valence-corrected chi connectivity index (χ4v) is 2.18. The number of halogens is 1. The van der Waals surface area contributed by atoms with Crippen LogP contribution in [0.2, 0.25) is 5.02 Å². The molecule has 0 aliphatic carbocycles. The summed E-state index contributed by atoms with van der Waals surface area (Å²) in [7, 11) is 3.13. The van der Waals surface area contributed by atoms with Gasteiger partial charge in [-0.05, 0) is 24.3 Å². The van der Waals surface area contributed by atoms with Gasteiger partial charge in [-0.3, -0.25) is 4.79 Å². The Labute approximate surface area is 134 Å². The van der Waals surface area contributed by atoms with Crippen molar-refractivity contribution in [2.24, 2.45) is 0 Å². The molecule has 0 bridgehead atoms. The van der Waals surface area contributed by atoms with Crippen LogP contribution >= 0.6 is 11.6 Å². The van der Waals surface area contributed by atoms with E-state index in [1.54, 1.807) is 26.4 Å². The molecule has 0 aromatic heterocycles. The number of benzene rings is 2. The lowest BCUT2D eigenvalue weighted by molar-refractivity contribution is -0.114. The third-order valence-corrected chi connectivity index (χ3v) is 3.25. The van der Waals surface area contributed by atoms with E-state index in [1.165, 1.54) is 6.92 Å². The number of hydrogen-bond donors (Lipinski definition) is 2. The first kappa shape index (κ1) is 16.0. The smallest absolute Gasteiger partial charge is 0.221 e. The molecule has 0 atom stereocenters. The Bertz CT molecular complexity index is 672. The van der Waals surface area contributed by atoms with Crippen LogP contribution in [0.15, 0.2) is 36.4 Å². The molecule has 0 aliphatic heterocycles. The van der Waals surface area contributed by atoms with Crippen molar-refractivity contribution < 1.29 is 14.3 Å². The second kappa shape index (κ2) is 7.04. The summed E-state index contributed by atoms with van der Waals surface area (Å²) in [4.78, 5) is 11.0. The molecule has 0 spiro atoms. The fourth-order valence-electron chi connectivity index (χ4n) is 1.95. The third kappa shape index (κ3) is 3.83. The summed E-state index contributed by atoms with van der Waals surface area (Å²) < 4.78 is 10.5. The standard InChI is InChI=1S/C16H17ClN2O3/c1-10(20)18-11-4-6-12(7-5-11)19-14-9-15(21-2)13(17)8-16(14)22-3/h4-9,19H,1-3H3,(H,18,20). The highest BCUT2D eigenvalue weighted by Crippen LogP contribution is 2.37. The van der Waals surface area contributed by atoms with Crippen molar-refractivity contribution in [3.63, 3.8) is 0 Å². The Balaban J connectivity index is 2.24. The second-order valence-corrected chi connectivity index (χ2v) is 4.98. The van der Waals surface area contributed by atoms with Gasteiger partial charge in [0.25, 0.3) is 0 Å². The van der Waals surface area contributed by atoms with Crippen LogP contribution in [-0.2, 0) is 4.79 Å². The molecule has 2 aromatic carbocycles. The van der Waals surface area contributed by atoms with Crippen molar-refractivity contribution in [3.8, 4) is 11.5 Å². The molecule has 2 aromatic rings. The zero-order valence-electron chi connectivity index (χ0n) is 12.6. The Morgan fingerprint density at radius 3 is 2.14 bits per heavy atom. The molecule has 0 aliphatic rings. The summed E-state index contributed by atoms with van der Waals surface area (Å²) in [6, 6.07) is 10.8. The number of anilines is 3. The first-order valence-electron chi connectivity index (χ1n) is 6.59. The fraction of sp³-hybridized carbons (Fsp3) is 0.188. The minimum Gasteiger partial charge on any atom is -0.495 e. The molecule has 2 rings (SSSR count). The number of methoxy groups -OCH3 is 2. The maximum absolute atomic E-state index is 11.0. The molecule has 0 unspecified atom stereocenters. The van der Waals surface area contributed by atoms with Gasteiger partial charge in [0.2, 0.25) is 5.91 Å². The van der Waals surface area contributed by atoms with Gasteiger partial charge in [-0.25, -0.2) is 0 Å². The van der Waals surface area contributed by atoms with E-state index < -0.39 is 0 Å². The van der Waals surface area contributed by atoms with E-state index in [1.807, 2.05) is 24.3 Å². The highest BCUT2D eigenvalue weighted by molar-refractivity contribution is 6.32. The van der Waals surface area contributed by atoms with Crippen LogP contribution in [0.5, 0.6) is 11.5 Å². The molecule has 0 fully saturated rings. The third-order valence-electron chi connectivity index (χ3n) is 2.96. The van der Waals surface area contributed by atoms with E-state index in [9.17, 15) is 4.79 Å². The highest BCUT2D eigenvalue weighted by Gasteiger charge is 2.10. The average molecular weight is 321 g/mol. The van der Waals surface area contributed by atoms with Crippen molar-refractivity contribution in [3.05, 3.63) is 41.4 Å². The first-order chi connectivity index (χ1) is 10.5. The van der Waals surface area contributed by atoms with Gasteiger partial charge in [-0.15, -0.1) is 0 Å². The Hall–Kier alpha value is -2.40. The van der Waals surface area contributed by atoms with Crippen molar-refractivity contribution in [2.75, 3.05) is 24.9 Å². The van der Waals surface area contributed by atoms with Gasteiger partial charge in [0.05, 0.1) is 24.9 Å². The molecule has 116 valence electrons. The topological polar surface area (TPSA) is 59.6 Å². The monoisotopic (exact) mass is 320 g/mol. The molecule has 0 saturated heterocycles. The van der Waals surface area contributed by atoms with Crippen molar-refractivity contribution in [1.29, 1.82) is 0 Å². The van der Waals surface area contributed by atoms with Crippen LogP contribution in [0.25, 0.3) is 0 Å². The lowest BCUT2D eigenvalue weighted by Gasteiger charge is -2.14. The van der Waals surface area contributed by atoms with Crippen LogP contribution in [0.4, 0.5) is 17.1 Å². The predicted octanol–water partition coefficient (Wildman–Crippen LogP) is 4.06. The number of hydrogen-bond acceptors (Lipinski definition) is 4. The zero-order chi connectivity index (χ0) is 16.1. The molecule has 2 N–H and O–H groups in total. The van der Waals surface area contributed by atoms with Gasteiger partial charge in [0.1, 0.15) is 11.5 Å². The van der Waals surface area contributed by atoms with Gasteiger partial charge >= 0.3 is 0 Å². The van der Waals surface area contributed by atoms with Crippen LogP contribution in [-0.4, -0.2) is 20.1 Å². The molecule has 0 saturated carbocycles. The van der Waals surface area contributed by atoms with Gasteiger partial charge in [-0.1, -0.05) is 11.6 Å². The van der Waals surface area contributed by atoms with Crippen LogP contribution in [0.1, 0.15) is 6.92 Å². The largest absolute Gasteiger partial charge is 0.495 e. The summed E-state index contributed by atoms with van der Waals surface area (Å²) in [5.41, 5.74) is 2.31. The van der Waals surface area contributed by atoms with E-state index in [4.69, 9.17) is 21.1 Å². The minimum absolute atomic E-state index is 0.107. The molecular weight excluding hydrogens is 304 g/mol. The van der Waals surface area contributed by atoms with E-state index in [0.29, 0.717) is 16.5 Å². The second-order valence-electron chi connectivity index (χ2n) is 4.57. The summed E-state index contributed by atoms with van der Waals surface area (Å²) in [5, 5.41) is 6.42. The molecule has 22 heavy (non-hydrogen) atoms. The summed E-state index contributed by atoms with van der Waals surface area (Å²) in [6.45, 7) is 1.47. The van der Waals surface area contributed by atoms with Crippen LogP contribution in [0, 0.1) is 0 Å². The highest BCUT2D eigenvalue weighted by atomic mass is 35.5. The Morgan fingerprint density at radius 2 is 1.59 bits per heavy atom. The summed E-state index contributed by atoms with van der Waals surface area (Å²) in [6.07, 6.45) is 0. The molecule has 5 nitrogen and oxygen atoms in total. The van der Waals surface area contributed by atoms with E-state index in [0.717, 1.165) is 17.1 Å². The van der Waals surface area contributed by atoms with Crippen LogP contribution in [0.3, 0.4) is 0 Å². The number of rotatable bonds is 5. The number of carbonyl (C=O) groups is 1. The molecule has 0 radical (unpaired) electrons. The molecule has 6 heteroatoms. The lowest BCUT2D eigenvalue weighted by atomic mass is 10.2. The van der Waals surface area contributed by atoms with Crippen molar-refractivity contribution in [2.45, 2.75) is 6.92 Å². The SMILES string of the molecule is COc1cc(Nc2ccc(NC(C)=O)cc2)c(OC)cc1Cl. The maximum atomic E-state index is 11.0. The summed E-state index contributed by atoms with van der Waals surface area (Å²) in [5.74, 6) is 1.06. The van der Waals surface area contributed by atoms with Gasteiger partial charge in [-0.2, -0.15) is 0 Å². The number of nitrogens with one attached hydrogen (secondary N) is 2. The molecule has 1 amide bonds. The van der Waals surface area contributed by atoms with Crippen LogP contribution < -0.4 is 20.1 Å². The van der Waals surface area contributed by atoms with E-state index in [2.05, 4.69) is 10.6 Å². The van der Waals surface area contributed by atoms with Crippen molar-refractivity contribution in [1.82, 2.24) is 0 Å². The number of amides is 1. The lowest BCUT2D eigenvalue weighted by Crippen LogP contribution is -2.05. The van der Waals surface area contributed by atoms with Gasteiger partial charge in [0, 0.05) is 30.4 Å².